The summed E-state index contributed by atoms with van der Waals surface area (Å²) in [5.74, 6) is 0.645. The predicted molar refractivity (Wildman–Crippen MR) is 156 cm³/mol. The lowest BCUT2D eigenvalue weighted by atomic mass is 9.90. The molecule has 2 aromatic heterocycles. The molecule has 0 radical (unpaired) electrons. The molecule has 3 heterocycles. The van der Waals surface area contributed by atoms with Gasteiger partial charge >= 0.3 is 0 Å². The molecule has 0 bridgehead atoms. The average Bonchev–Trinajstić information content (AvgIpc) is 3.38. The molecule has 2 aromatic carbocycles. The van der Waals surface area contributed by atoms with E-state index in [1.807, 2.05) is 24.3 Å². The molecule has 6 rings (SSSR count). The Balaban J connectivity index is 1.18. The van der Waals surface area contributed by atoms with E-state index in [-0.39, 0.29) is 11.9 Å². The van der Waals surface area contributed by atoms with Crippen LogP contribution in [0.4, 0.5) is 15.9 Å². The van der Waals surface area contributed by atoms with Crippen LogP contribution < -0.4 is 15.8 Å². The average molecular weight is 545 g/mol. The Morgan fingerprint density at radius 1 is 0.975 bits per heavy atom. The number of benzene rings is 2. The van der Waals surface area contributed by atoms with E-state index in [1.54, 1.807) is 12.1 Å². The fourth-order valence-corrected chi connectivity index (χ4v) is 6.05. The molecule has 3 N–H and O–H groups in total. The zero-order chi connectivity index (χ0) is 27.6. The number of hydrogen-bond acceptors (Lipinski definition) is 8. The number of anilines is 2. The normalized spacial score (nSPS) is 20.6. The van der Waals surface area contributed by atoms with Crippen molar-refractivity contribution in [3.05, 3.63) is 60.2 Å². The fraction of sp³-hybridized carbons (Fsp3) is 0.433. The van der Waals surface area contributed by atoms with Gasteiger partial charge in [0.1, 0.15) is 29.4 Å². The van der Waals surface area contributed by atoms with Crippen LogP contribution in [0.1, 0.15) is 37.3 Å². The molecule has 40 heavy (non-hydrogen) atoms. The van der Waals surface area contributed by atoms with Crippen molar-refractivity contribution < 1.29 is 9.13 Å². The number of nitrogens with zero attached hydrogens (tertiary/aromatic N) is 6. The molecule has 0 atom stereocenters. The summed E-state index contributed by atoms with van der Waals surface area (Å²) in [6.07, 6.45) is 6.01. The van der Waals surface area contributed by atoms with Crippen molar-refractivity contribution in [2.45, 2.75) is 44.3 Å². The maximum Gasteiger partial charge on any atom is 0.164 e. The van der Waals surface area contributed by atoms with Crippen LogP contribution in [0.15, 0.2) is 48.8 Å². The lowest BCUT2D eigenvalue weighted by molar-refractivity contribution is 0.0815. The molecule has 0 unspecified atom stereocenters. The summed E-state index contributed by atoms with van der Waals surface area (Å²) in [4.78, 5) is 14.0. The number of ether oxygens (including phenoxy) is 1. The number of piperazine rings is 1. The molecule has 210 valence electrons. The highest BCUT2D eigenvalue weighted by molar-refractivity contribution is 5.98. The summed E-state index contributed by atoms with van der Waals surface area (Å²) in [5.41, 5.74) is 10.4. The summed E-state index contributed by atoms with van der Waals surface area (Å²) in [6, 6.07) is 13.8. The SMILES string of the molecule is COc1ccc(CNc2ccc(-c3nn(C4CCC(N5CCN(C)CC5)CC4)c4ncnc(N)c34)cc2)c(F)c1. The van der Waals surface area contributed by atoms with Crippen LogP contribution in [0.2, 0.25) is 0 Å². The van der Waals surface area contributed by atoms with Gasteiger partial charge < -0.3 is 20.7 Å². The maximum atomic E-state index is 14.3. The third kappa shape index (κ3) is 5.33. The number of methoxy groups -OCH3 is 1. The number of fused-ring (bicyclic) bond motifs is 1. The van der Waals surface area contributed by atoms with E-state index in [9.17, 15) is 4.39 Å². The number of nitrogens with one attached hydrogen (secondary N) is 1. The number of nitrogen functional groups attached to an aromatic ring is 1. The highest BCUT2D eigenvalue weighted by Gasteiger charge is 2.30. The van der Waals surface area contributed by atoms with E-state index in [0.717, 1.165) is 67.0 Å². The van der Waals surface area contributed by atoms with E-state index < -0.39 is 0 Å². The van der Waals surface area contributed by atoms with Crippen molar-refractivity contribution >= 4 is 22.5 Å². The second-order valence-corrected chi connectivity index (χ2v) is 10.9. The number of rotatable bonds is 7. The molecule has 10 heteroatoms. The minimum absolute atomic E-state index is 0.287. The summed E-state index contributed by atoms with van der Waals surface area (Å²) in [5, 5.41) is 9.17. The summed E-state index contributed by atoms with van der Waals surface area (Å²) in [7, 11) is 3.73. The number of halogens is 1. The molecule has 2 aliphatic rings. The van der Waals surface area contributed by atoms with Gasteiger partial charge in [0.2, 0.25) is 0 Å². The van der Waals surface area contributed by atoms with Crippen LogP contribution in [0.5, 0.6) is 5.75 Å². The third-order valence-electron chi connectivity index (χ3n) is 8.49. The van der Waals surface area contributed by atoms with Gasteiger partial charge in [-0.15, -0.1) is 0 Å². The quantitative estimate of drug-likeness (QED) is 0.349. The van der Waals surface area contributed by atoms with E-state index in [4.69, 9.17) is 15.6 Å². The molecular formula is C30H37FN8O. The molecule has 0 amide bonds. The highest BCUT2D eigenvalue weighted by atomic mass is 19.1. The van der Waals surface area contributed by atoms with Gasteiger partial charge in [-0.2, -0.15) is 5.10 Å². The number of aromatic nitrogens is 4. The number of hydrogen-bond donors (Lipinski definition) is 2. The Morgan fingerprint density at radius 3 is 2.40 bits per heavy atom. The van der Waals surface area contributed by atoms with E-state index in [1.165, 1.54) is 32.3 Å². The van der Waals surface area contributed by atoms with Crippen LogP contribution in [0, 0.1) is 5.82 Å². The molecule has 9 nitrogen and oxygen atoms in total. The van der Waals surface area contributed by atoms with Crippen LogP contribution in [-0.2, 0) is 6.54 Å². The summed E-state index contributed by atoms with van der Waals surface area (Å²) >= 11 is 0. The Morgan fingerprint density at radius 2 is 1.70 bits per heavy atom. The van der Waals surface area contributed by atoms with E-state index in [2.05, 4.69) is 36.8 Å². The van der Waals surface area contributed by atoms with Crippen LogP contribution >= 0.6 is 0 Å². The predicted octanol–water partition coefficient (Wildman–Crippen LogP) is 4.57. The van der Waals surface area contributed by atoms with Gasteiger partial charge in [0.15, 0.2) is 5.65 Å². The lowest BCUT2D eigenvalue weighted by Gasteiger charge is -2.41. The molecule has 4 aromatic rings. The topological polar surface area (TPSA) is 97.4 Å². The van der Waals surface area contributed by atoms with Crippen molar-refractivity contribution in [2.24, 2.45) is 0 Å². The Labute approximate surface area is 234 Å². The monoisotopic (exact) mass is 544 g/mol. The van der Waals surface area contributed by atoms with Crippen LogP contribution in [0.3, 0.4) is 0 Å². The molecule has 0 spiro atoms. The maximum absolute atomic E-state index is 14.3. The van der Waals surface area contributed by atoms with Crippen molar-refractivity contribution in [3.63, 3.8) is 0 Å². The zero-order valence-corrected chi connectivity index (χ0v) is 23.2. The first-order valence-corrected chi connectivity index (χ1v) is 14.1. The van der Waals surface area contributed by atoms with Crippen molar-refractivity contribution in [3.8, 4) is 17.0 Å². The van der Waals surface area contributed by atoms with Crippen LogP contribution in [-0.4, -0.2) is 75.9 Å². The minimum Gasteiger partial charge on any atom is -0.497 e. The van der Waals surface area contributed by atoms with Crippen molar-refractivity contribution in [1.29, 1.82) is 0 Å². The molecule has 1 aliphatic heterocycles. The molecule has 1 aliphatic carbocycles. The largest absolute Gasteiger partial charge is 0.497 e. The van der Waals surface area contributed by atoms with Crippen LogP contribution in [0.25, 0.3) is 22.3 Å². The van der Waals surface area contributed by atoms with Gasteiger partial charge in [0.25, 0.3) is 0 Å². The Hall–Kier alpha value is -3.76. The third-order valence-corrected chi connectivity index (χ3v) is 8.49. The second-order valence-electron chi connectivity index (χ2n) is 10.9. The first-order valence-electron chi connectivity index (χ1n) is 14.1. The molecule has 1 saturated carbocycles. The number of nitrogens with two attached hydrogens (primary N) is 1. The standard InChI is InChI=1S/C30H37FN8O/c1-37-13-15-38(16-14-37)23-8-10-24(11-9-23)39-30-27(29(32)34-19-35-30)28(36-39)20-3-6-22(7-4-20)33-18-21-5-12-25(40-2)17-26(21)31/h3-7,12,17,19,23-24,33H,8-11,13-16,18H2,1-2H3,(H2,32,34,35). The van der Waals surface area contributed by atoms with E-state index >= 15 is 0 Å². The summed E-state index contributed by atoms with van der Waals surface area (Å²) in [6.45, 7) is 4.98. The van der Waals surface area contributed by atoms with Crippen molar-refractivity contribution in [1.82, 2.24) is 29.5 Å². The van der Waals surface area contributed by atoms with Gasteiger partial charge in [-0.3, -0.25) is 4.90 Å². The molecule has 2 fully saturated rings. The lowest BCUT2D eigenvalue weighted by Crippen LogP contribution is -2.49. The highest BCUT2D eigenvalue weighted by Crippen LogP contribution is 2.37. The van der Waals surface area contributed by atoms with E-state index in [0.29, 0.717) is 29.7 Å². The van der Waals surface area contributed by atoms with Gasteiger partial charge in [-0.25, -0.2) is 19.0 Å². The summed E-state index contributed by atoms with van der Waals surface area (Å²) < 4.78 is 21.5. The number of likely N-dealkylation sites (N-methyl/N-ethyl adjacent to an activating group) is 1. The zero-order valence-electron chi connectivity index (χ0n) is 23.2. The first kappa shape index (κ1) is 26.5. The van der Waals surface area contributed by atoms with Gasteiger partial charge in [-0.1, -0.05) is 18.2 Å². The Kier molecular flexibility index (Phi) is 7.53. The smallest absolute Gasteiger partial charge is 0.164 e. The van der Waals surface area contributed by atoms with Gasteiger partial charge in [-0.05, 0) is 50.9 Å². The minimum atomic E-state index is -0.298. The second kappa shape index (κ2) is 11.4. The van der Waals surface area contributed by atoms with Gasteiger partial charge in [0, 0.05) is 61.6 Å². The molecule has 1 saturated heterocycles. The molecular weight excluding hydrogens is 507 g/mol. The van der Waals surface area contributed by atoms with Crippen molar-refractivity contribution in [2.75, 3.05) is 51.4 Å². The fourth-order valence-electron chi connectivity index (χ4n) is 6.05. The van der Waals surface area contributed by atoms with Gasteiger partial charge in [0.05, 0.1) is 18.5 Å². The first-order chi connectivity index (χ1) is 19.5. The Bertz CT molecular complexity index is 1460.